The maximum Gasteiger partial charge on any atom is 0.312 e. The number of aliphatic hydroxyl groups excluding tert-OH is 2. The fourth-order valence-corrected chi connectivity index (χ4v) is 9.41. The van der Waals surface area contributed by atoms with Crippen molar-refractivity contribution in [3.8, 4) is 0 Å². The van der Waals surface area contributed by atoms with Gasteiger partial charge in [-0.2, -0.15) is 0 Å². The summed E-state index contributed by atoms with van der Waals surface area (Å²) < 4.78 is 5.92. The molecule has 8 atom stereocenters. The van der Waals surface area contributed by atoms with Crippen molar-refractivity contribution in [2.24, 2.45) is 39.4 Å². The number of fused-ring (bicyclic) bond motifs is 3. The minimum Gasteiger partial charge on any atom is -0.460 e. The number of carbonyl (C=O) groups excluding carboxylic acids is 1. The molecule has 0 saturated heterocycles. The minimum atomic E-state index is -0.462. The van der Waals surface area contributed by atoms with E-state index >= 15 is 0 Å². The molecule has 4 saturated carbocycles. The number of ether oxygens (including phenoxy) is 1. The van der Waals surface area contributed by atoms with E-state index in [1.165, 1.54) is 0 Å². The molecule has 4 heteroatoms. The van der Waals surface area contributed by atoms with Gasteiger partial charge in [0.2, 0.25) is 0 Å². The highest BCUT2D eigenvalue weighted by molar-refractivity contribution is 5.77. The summed E-state index contributed by atoms with van der Waals surface area (Å²) in [5.41, 5.74) is 0.562. The molecule has 0 unspecified atom stereocenters. The van der Waals surface area contributed by atoms with Crippen LogP contribution in [0.1, 0.15) is 77.7 Å². The molecule has 4 aliphatic carbocycles. The molecule has 4 fully saturated rings. The molecule has 0 amide bonds. The lowest BCUT2D eigenvalue weighted by molar-refractivity contribution is -0.194. The molecule has 2 bridgehead atoms. The van der Waals surface area contributed by atoms with Crippen LogP contribution >= 0.6 is 0 Å². The van der Waals surface area contributed by atoms with Gasteiger partial charge < -0.3 is 14.9 Å². The maximum absolute atomic E-state index is 13.5. The van der Waals surface area contributed by atoms with Crippen molar-refractivity contribution in [2.75, 3.05) is 6.61 Å². The van der Waals surface area contributed by atoms with Gasteiger partial charge in [0, 0.05) is 12.5 Å². The smallest absolute Gasteiger partial charge is 0.312 e. The quantitative estimate of drug-likeness (QED) is 0.639. The molecule has 4 nitrogen and oxygen atoms in total. The van der Waals surface area contributed by atoms with E-state index < -0.39 is 11.5 Å². The van der Waals surface area contributed by atoms with E-state index in [4.69, 9.17) is 4.74 Å². The Morgan fingerprint density at radius 1 is 1.03 bits per heavy atom. The van der Waals surface area contributed by atoms with Crippen molar-refractivity contribution in [3.05, 3.63) is 35.9 Å². The van der Waals surface area contributed by atoms with E-state index in [0.29, 0.717) is 18.4 Å². The molecular weight excluding hydrogens is 400 g/mol. The SMILES string of the molecule is C[C@]12CC[C@H]3[C@]4(C)CCC[C@@](C)(C(=O)OCc5ccccc5)[C@H]4CC[C@@]3(C1)[C@H](CO)[C@H]2O. The summed E-state index contributed by atoms with van der Waals surface area (Å²) in [4.78, 5) is 13.5. The van der Waals surface area contributed by atoms with Crippen LogP contribution in [0, 0.1) is 39.4 Å². The van der Waals surface area contributed by atoms with Gasteiger partial charge in [-0.1, -0.05) is 50.6 Å². The lowest BCUT2D eigenvalue weighted by Crippen LogP contribution is -2.60. The zero-order valence-corrected chi connectivity index (χ0v) is 20.0. The van der Waals surface area contributed by atoms with Gasteiger partial charge in [0.05, 0.1) is 11.5 Å². The number of esters is 1. The van der Waals surface area contributed by atoms with Crippen molar-refractivity contribution >= 4 is 5.97 Å². The number of aliphatic hydroxyl groups is 2. The predicted molar refractivity (Wildman–Crippen MR) is 123 cm³/mol. The van der Waals surface area contributed by atoms with Crippen molar-refractivity contribution in [3.63, 3.8) is 0 Å². The zero-order chi connectivity index (χ0) is 22.8. The third kappa shape index (κ3) is 2.98. The Kier molecular flexibility index (Phi) is 5.30. The third-order valence-corrected chi connectivity index (χ3v) is 10.8. The van der Waals surface area contributed by atoms with E-state index in [1.54, 1.807) is 0 Å². The van der Waals surface area contributed by atoms with Crippen LogP contribution in [-0.2, 0) is 16.1 Å². The molecule has 0 aliphatic heterocycles. The van der Waals surface area contributed by atoms with E-state index in [2.05, 4.69) is 20.8 Å². The van der Waals surface area contributed by atoms with Gasteiger partial charge in [-0.05, 0) is 85.5 Å². The first kappa shape index (κ1) is 22.4. The van der Waals surface area contributed by atoms with Gasteiger partial charge in [0.25, 0.3) is 0 Å². The number of rotatable bonds is 4. The first-order valence-corrected chi connectivity index (χ1v) is 12.7. The van der Waals surface area contributed by atoms with Crippen LogP contribution in [0.25, 0.3) is 0 Å². The van der Waals surface area contributed by atoms with Gasteiger partial charge in [-0.25, -0.2) is 0 Å². The summed E-state index contributed by atoms with van der Waals surface area (Å²) >= 11 is 0. The van der Waals surface area contributed by atoms with Crippen LogP contribution in [0.4, 0.5) is 0 Å². The second-order valence-electron chi connectivity index (χ2n) is 12.3. The monoisotopic (exact) mass is 440 g/mol. The topological polar surface area (TPSA) is 66.8 Å². The summed E-state index contributed by atoms with van der Waals surface area (Å²) in [5, 5.41) is 21.5. The highest BCUT2D eigenvalue weighted by atomic mass is 16.5. The molecule has 2 N–H and O–H groups in total. The van der Waals surface area contributed by atoms with Crippen LogP contribution in [-0.4, -0.2) is 28.9 Å². The average Bonchev–Trinajstić information content (AvgIpc) is 2.93. The fourth-order valence-electron chi connectivity index (χ4n) is 9.41. The van der Waals surface area contributed by atoms with Crippen LogP contribution in [0.3, 0.4) is 0 Å². The zero-order valence-electron chi connectivity index (χ0n) is 20.0. The lowest BCUT2D eigenvalue weighted by Gasteiger charge is -2.64. The Balaban J connectivity index is 1.43. The number of benzene rings is 1. The maximum atomic E-state index is 13.5. The van der Waals surface area contributed by atoms with Gasteiger partial charge in [0.1, 0.15) is 6.61 Å². The molecule has 4 aliphatic rings. The van der Waals surface area contributed by atoms with Gasteiger partial charge in [0.15, 0.2) is 0 Å². The summed E-state index contributed by atoms with van der Waals surface area (Å²) in [7, 11) is 0. The van der Waals surface area contributed by atoms with Gasteiger partial charge in [-0.15, -0.1) is 0 Å². The predicted octanol–water partition coefficient (Wildman–Crippen LogP) is 5.11. The summed E-state index contributed by atoms with van der Waals surface area (Å²) in [6, 6.07) is 9.95. The fraction of sp³-hybridized carbons (Fsp3) is 0.750. The Bertz CT molecular complexity index is 869. The highest BCUT2D eigenvalue weighted by Gasteiger charge is 2.71. The number of hydrogen-bond acceptors (Lipinski definition) is 4. The van der Waals surface area contributed by atoms with Crippen LogP contribution in [0.15, 0.2) is 30.3 Å². The van der Waals surface area contributed by atoms with Gasteiger partial charge in [-0.3, -0.25) is 4.79 Å². The van der Waals surface area contributed by atoms with Crippen molar-refractivity contribution in [1.29, 1.82) is 0 Å². The molecule has 0 heterocycles. The standard InChI is InChI=1S/C28H40O4/c1-25-14-10-22-26(2)12-7-13-27(3,24(31)32-17-19-8-5-4-6-9-19)21(26)11-15-28(22,18-25)20(16-29)23(25)30/h4-6,8-9,20-23,29-30H,7,10-18H2,1-3H3/t20-,21+,22+,23-,25+,26-,27-,28-/m1/s1. The Morgan fingerprint density at radius 2 is 1.75 bits per heavy atom. The molecule has 176 valence electrons. The van der Waals surface area contributed by atoms with E-state index in [0.717, 1.165) is 56.9 Å². The van der Waals surface area contributed by atoms with Crippen LogP contribution < -0.4 is 0 Å². The first-order chi connectivity index (χ1) is 15.2. The van der Waals surface area contributed by atoms with Gasteiger partial charge >= 0.3 is 5.97 Å². The van der Waals surface area contributed by atoms with Crippen molar-refractivity contribution < 1.29 is 19.7 Å². The van der Waals surface area contributed by atoms with Crippen LogP contribution in [0.2, 0.25) is 0 Å². The van der Waals surface area contributed by atoms with E-state index in [1.807, 2.05) is 30.3 Å². The normalized spacial score (nSPS) is 47.4. The minimum absolute atomic E-state index is 0.0125. The third-order valence-electron chi connectivity index (χ3n) is 10.8. The van der Waals surface area contributed by atoms with Crippen molar-refractivity contribution in [2.45, 2.75) is 84.8 Å². The number of carbonyl (C=O) groups is 1. The Morgan fingerprint density at radius 3 is 2.47 bits per heavy atom. The summed E-state index contributed by atoms with van der Waals surface area (Å²) in [6.07, 6.45) is 7.81. The molecular formula is C28H40O4. The largest absolute Gasteiger partial charge is 0.460 e. The second kappa shape index (κ2) is 7.56. The Labute approximate surface area is 192 Å². The van der Waals surface area contributed by atoms with Crippen LogP contribution in [0.5, 0.6) is 0 Å². The first-order valence-electron chi connectivity index (χ1n) is 12.7. The summed E-state index contributed by atoms with van der Waals surface area (Å²) in [5.74, 6) is 0.678. The molecule has 1 aromatic rings. The second-order valence-corrected chi connectivity index (χ2v) is 12.3. The highest BCUT2D eigenvalue weighted by Crippen LogP contribution is 2.75. The molecule has 0 radical (unpaired) electrons. The lowest BCUT2D eigenvalue weighted by atomic mass is 9.39. The molecule has 1 aromatic carbocycles. The van der Waals surface area contributed by atoms with Crippen molar-refractivity contribution in [1.82, 2.24) is 0 Å². The number of hydrogen-bond donors (Lipinski definition) is 2. The molecule has 5 rings (SSSR count). The average molecular weight is 441 g/mol. The Hall–Kier alpha value is -1.39. The molecule has 32 heavy (non-hydrogen) atoms. The van der Waals surface area contributed by atoms with E-state index in [-0.39, 0.29) is 34.7 Å². The van der Waals surface area contributed by atoms with E-state index in [9.17, 15) is 15.0 Å². The molecule has 1 spiro atoms. The molecule has 0 aromatic heterocycles. The summed E-state index contributed by atoms with van der Waals surface area (Å²) in [6.45, 7) is 7.21.